The molecule has 1 aliphatic carbocycles. The molecule has 1 aliphatic rings. The molecule has 0 N–H and O–H groups in total. The summed E-state index contributed by atoms with van der Waals surface area (Å²) >= 11 is 0. The van der Waals surface area contributed by atoms with Crippen LogP contribution in [0.25, 0.3) is 17.2 Å². The Balaban J connectivity index is 2.21. The van der Waals surface area contributed by atoms with Crippen molar-refractivity contribution in [3.05, 3.63) is 70.1 Å². The van der Waals surface area contributed by atoms with E-state index in [0.717, 1.165) is 0 Å². The van der Waals surface area contributed by atoms with E-state index in [1.807, 2.05) is 0 Å². The molecule has 1 radical (unpaired) electrons. The second-order valence-electron chi connectivity index (χ2n) is 9.35. The first-order valence-electron chi connectivity index (χ1n) is 11.2. The second kappa shape index (κ2) is 8.68. The molecule has 0 spiro atoms. The summed E-state index contributed by atoms with van der Waals surface area (Å²) < 4.78 is 0. The van der Waals surface area contributed by atoms with Crippen LogP contribution in [0.3, 0.4) is 0 Å². The quantitative estimate of drug-likeness (QED) is 0.454. The molecule has 0 unspecified atom stereocenters. The van der Waals surface area contributed by atoms with Crippen molar-refractivity contribution >= 4 is 6.08 Å². The summed E-state index contributed by atoms with van der Waals surface area (Å²) in [5.74, 6) is 1.59. The Kier molecular flexibility index (Phi) is 6.48. The van der Waals surface area contributed by atoms with E-state index in [0.29, 0.717) is 17.8 Å². The number of unbranched alkanes of at least 4 members (excludes halogenated alkanes) is 1. The van der Waals surface area contributed by atoms with Gasteiger partial charge in [0.05, 0.1) is 0 Å². The standard InChI is InChI=1S/C28H37/c1-8-9-10-21-13-22-11-12-26(20(6)7)28(27(22)14-21)25-16-23(18(2)3)15-24(17-25)19(4)5/h11-20H,8-10H2,1-7H3. The fourth-order valence-corrected chi connectivity index (χ4v) is 4.18. The molecular formula is C28H37. The molecular weight excluding hydrogens is 336 g/mol. The second-order valence-corrected chi connectivity index (χ2v) is 9.35. The minimum Gasteiger partial charge on any atom is -0.0654 e. The molecule has 3 rings (SSSR count). The fourth-order valence-electron chi connectivity index (χ4n) is 4.18. The van der Waals surface area contributed by atoms with E-state index in [1.165, 1.54) is 63.8 Å². The average Bonchev–Trinajstić information content (AvgIpc) is 3.07. The van der Waals surface area contributed by atoms with Crippen molar-refractivity contribution in [1.82, 2.24) is 0 Å². The van der Waals surface area contributed by atoms with E-state index in [4.69, 9.17) is 0 Å². The first-order valence-corrected chi connectivity index (χ1v) is 11.2. The zero-order valence-electron chi connectivity index (χ0n) is 18.9. The molecule has 0 bridgehead atoms. The monoisotopic (exact) mass is 373 g/mol. The minimum absolute atomic E-state index is 0.513. The Labute approximate surface area is 173 Å². The van der Waals surface area contributed by atoms with Crippen LogP contribution in [-0.4, -0.2) is 0 Å². The van der Waals surface area contributed by atoms with Crippen molar-refractivity contribution < 1.29 is 0 Å². The van der Waals surface area contributed by atoms with Gasteiger partial charge in [-0.3, -0.25) is 0 Å². The topological polar surface area (TPSA) is 0 Å². The smallest absolute Gasteiger partial charge is 0.0164 e. The molecule has 28 heavy (non-hydrogen) atoms. The van der Waals surface area contributed by atoms with Crippen LogP contribution in [0.4, 0.5) is 0 Å². The summed E-state index contributed by atoms with van der Waals surface area (Å²) in [4.78, 5) is 0. The van der Waals surface area contributed by atoms with Gasteiger partial charge in [0.2, 0.25) is 0 Å². The van der Waals surface area contributed by atoms with Crippen LogP contribution in [0.5, 0.6) is 0 Å². The van der Waals surface area contributed by atoms with Crippen LogP contribution >= 0.6 is 0 Å². The first kappa shape index (κ1) is 20.9. The summed E-state index contributed by atoms with van der Waals surface area (Å²) in [6.07, 6.45) is 8.57. The molecule has 0 saturated carbocycles. The highest BCUT2D eigenvalue weighted by Gasteiger charge is 2.22. The Bertz CT molecular complexity index is 836. The highest BCUT2D eigenvalue weighted by atomic mass is 14.3. The SMILES string of the molecule is CCCCC1=Cc2c(ccc(C(C)C)c2-c2cc(C(C)C)cc(C(C)C)c2)[CH]1. The van der Waals surface area contributed by atoms with Crippen LogP contribution in [0, 0.1) is 6.42 Å². The van der Waals surface area contributed by atoms with E-state index in [9.17, 15) is 0 Å². The first-order chi connectivity index (χ1) is 13.3. The maximum atomic E-state index is 2.46. The van der Waals surface area contributed by atoms with E-state index in [1.54, 1.807) is 0 Å². The highest BCUT2D eigenvalue weighted by molar-refractivity contribution is 5.86. The lowest BCUT2D eigenvalue weighted by atomic mass is 9.84. The fraction of sp³-hybridized carbons (Fsp3) is 0.464. The van der Waals surface area contributed by atoms with Crippen molar-refractivity contribution in [1.29, 1.82) is 0 Å². The summed E-state index contributed by atoms with van der Waals surface area (Å²) in [5.41, 5.74) is 11.5. The Hall–Kier alpha value is -1.82. The van der Waals surface area contributed by atoms with Gasteiger partial charge in [-0.15, -0.1) is 0 Å². The lowest BCUT2D eigenvalue weighted by Crippen LogP contribution is -2.00. The van der Waals surface area contributed by atoms with Crippen molar-refractivity contribution in [3.63, 3.8) is 0 Å². The maximum Gasteiger partial charge on any atom is 0.0164 e. The van der Waals surface area contributed by atoms with Gasteiger partial charge in [-0.1, -0.05) is 96.9 Å². The maximum absolute atomic E-state index is 2.46. The number of rotatable bonds is 7. The van der Waals surface area contributed by atoms with Crippen molar-refractivity contribution in [2.75, 3.05) is 0 Å². The van der Waals surface area contributed by atoms with Crippen LogP contribution in [0.1, 0.15) is 113 Å². The molecule has 149 valence electrons. The van der Waals surface area contributed by atoms with E-state index in [2.05, 4.69) is 91.3 Å². The van der Waals surface area contributed by atoms with Crippen LogP contribution in [0.15, 0.2) is 35.9 Å². The molecule has 0 nitrogen and oxygen atoms in total. The third kappa shape index (κ3) is 4.27. The number of hydrogen-bond donors (Lipinski definition) is 0. The van der Waals surface area contributed by atoms with Crippen LogP contribution in [0.2, 0.25) is 0 Å². The van der Waals surface area contributed by atoms with Gasteiger partial charge in [0, 0.05) is 6.42 Å². The molecule has 0 saturated heterocycles. The van der Waals surface area contributed by atoms with Gasteiger partial charge in [0.25, 0.3) is 0 Å². The summed E-state index contributed by atoms with van der Waals surface area (Å²) in [6, 6.07) is 12.0. The van der Waals surface area contributed by atoms with Gasteiger partial charge in [0.15, 0.2) is 0 Å². The predicted octanol–water partition coefficient (Wildman–Crippen LogP) is 8.86. The number of fused-ring (bicyclic) bond motifs is 1. The molecule has 2 aromatic carbocycles. The normalized spacial score (nSPS) is 13.6. The summed E-state index contributed by atoms with van der Waals surface area (Å²) in [6.45, 7) is 16.1. The van der Waals surface area contributed by atoms with Gasteiger partial charge in [0.1, 0.15) is 0 Å². The largest absolute Gasteiger partial charge is 0.0654 e. The molecule has 2 aromatic rings. The van der Waals surface area contributed by atoms with Crippen LogP contribution in [-0.2, 0) is 0 Å². The molecule has 0 heteroatoms. The lowest BCUT2D eigenvalue weighted by Gasteiger charge is -2.20. The van der Waals surface area contributed by atoms with Gasteiger partial charge in [-0.25, -0.2) is 0 Å². The molecule has 0 amide bonds. The lowest BCUT2D eigenvalue weighted by molar-refractivity contribution is 0.797. The van der Waals surface area contributed by atoms with Crippen LogP contribution < -0.4 is 0 Å². The third-order valence-electron chi connectivity index (χ3n) is 6.02. The van der Waals surface area contributed by atoms with Gasteiger partial charge >= 0.3 is 0 Å². The van der Waals surface area contributed by atoms with E-state index < -0.39 is 0 Å². The Morgan fingerprint density at radius 2 is 1.43 bits per heavy atom. The molecule has 0 aliphatic heterocycles. The predicted molar refractivity (Wildman–Crippen MR) is 125 cm³/mol. The third-order valence-corrected chi connectivity index (χ3v) is 6.02. The highest BCUT2D eigenvalue weighted by Crippen LogP contribution is 2.42. The zero-order valence-corrected chi connectivity index (χ0v) is 18.9. The number of hydrogen-bond acceptors (Lipinski definition) is 0. The summed E-state index contributed by atoms with van der Waals surface area (Å²) in [7, 11) is 0. The summed E-state index contributed by atoms with van der Waals surface area (Å²) in [5, 5.41) is 0. The molecule has 0 heterocycles. The zero-order chi connectivity index (χ0) is 20.4. The molecule has 0 fully saturated rings. The van der Waals surface area contributed by atoms with E-state index in [-0.39, 0.29) is 0 Å². The van der Waals surface area contributed by atoms with Crippen molar-refractivity contribution in [2.45, 2.75) is 85.5 Å². The van der Waals surface area contributed by atoms with Crippen molar-refractivity contribution in [3.8, 4) is 11.1 Å². The van der Waals surface area contributed by atoms with Gasteiger partial charge < -0.3 is 0 Å². The van der Waals surface area contributed by atoms with Gasteiger partial charge in [-0.2, -0.15) is 0 Å². The Morgan fingerprint density at radius 1 is 0.786 bits per heavy atom. The van der Waals surface area contributed by atoms with E-state index >= 15 is 0 Å². The molecule has 0 atom stereocenters. The average molecular weight is 374 g/mol. The molecule has 0 aromatic heterocycles. The number of benzene rings is 2. The number of allylic oxidation sites excluding steroid dienone is 1. The van der Waals surface area contributed by atoms with Gasteiger partial charge in [-0.05, 0) is 69.5 Å². The Morgan fingerprint density at radius 3 is 1.96 bits per heavy atom. The van der Waals surface area contributed by atoms with Crippen molar-refractivity contribution in [2.24, 2.45) is 0 Å². The minimum atomic E-state index is 0.513.